The minimum absolute atomic E-state index is 0.0397. The number of carbonyl (C=O) groups excluding carboxylic acids is 2. The molecule has 4 nitrogen and oxygen atoms in total. The van der Waals surface area contributed by atoms with Gasteiger partial charge in [0.05, 0.1) is 0 Å². The minimum Gasteiger partial charge on any atom is -0.290 e. The van der Waals surface area contributed by atoms with E-state index in [1.165, 1.54) is 0 Å². The smallest absolute Gasteiger partial charge is 0.245 e. The van der Waals surface area contributed by atoms with Gasteiger partial charge in [0.25, 0.3) is 0 Å². The zero-order valence-corrected chi connectivity index (χ0v) is 14.8. The Kier molecular flexibility index (Phi) is 4.62. The molecule has 4 rings (SSSR count). The molecule has 0 bridgehead atoms. The topological polar surface area (TPSA) is 43.0 Å². The maximum atomic E-state index is 12.6. The number of imidazole rings is 1. The van der Waals surface area contributed by atoms with Crippen LogP contribution >= 0.6 is 0 Å². The van der Waals surface area contributed by atoms with Gasteiger partial charge in [-0.2, -0.15) is 0 Å². The molecule has 0 N–H and O–H groups in total. The van der Waals surface area contributed by atoms with Crippen molar-refractivity contribution in [3.8, 4) is 0 Å². The van der Waals surface area contributed by atoms with Crippen LogP contribution in [-0.2, 0) is 13.1 Å². The summed E-state index contributed by atoms with van der Waals surface area (Å²) in [5.41, 5.74) is 3.23. The van der Waals surface area contributed by atoms with Crippen LogP contribution in [0.1, 0.15) is 20.7 Å². The fraction of sp³-hybridized carbons (Fsp3) is 0.0870. The van der Waals surface area contributed by atoms with Crippen molar-refractivity contribution in [3.63, 3.8) is 0 Å². The van der Waals surface area contributed by atoms with E-state index in [2.05, 4.69) is 0 Å². The number of para-hydroxylation sites is 2. The van der Waals surface area contributed by atoms with Gasteiger partial charge in [0, 0.05) is 11.1 Å². The molecule has 27 heavy (non-hydrogen) atoms. The van der Waals surface area contributed by atoms with E-state index in [9.17, 15) is 9.59 Å². The Morgan fingerprint density at radius 1 is 0.704 bits per heavy atom. The van der Waals surface area contributed by atoms with Crippen LogP contribution in [0.4, 0.5) is 0 Å². The highest BCUT2D eigenvalue weighted by Gasteiger charge is 2.20. The third kappa shape index (κ3) is 3.55. The maximum Gasteiger partial charge on any atom is 0.245 e. The van der Waals surface area contributed by atoms with E-state index in [4.69, 9.17) is 0 Å². The highest BCUT2D eigenvalue weighted by atomic mass is 16.1. The number of benzene rings is 3. The molecule has 4 aromatic rings. The second-order valence-electron chi connectivity index (χ2n) is 6.44. The van der Waals surface area contributed by atoms with Gasteiger partial charge in [-0.05, 0) is 12.1 Å². The number of fused-ring (bicyclic) bond motifs is 1. The summed E-state index contributed by atoms with van der Waals surface area (Å²) in [5, 5.41) is 0. The number of Topliss-reactive ketones (excluding diaryl/α,β-unsaturated/α-hetero) is 2. The lowest BCUT2D eigenvalue weighted by Gasteiger charge is -1.99. The monoisotopic (exact) mass is 355 g/mol. The molecule has 0 aliphatic heterocycles. The van der Waals surface area contributed by atoms with E-state index in [1.54, 1.807) is 0 Å². The second kappa shape index (κ2) is 7.38. The minimum atomic E-state index is 0.0397. The van der Waals surface area contributed by atoms with Crippen LogP contribution in [0.25, 0.3) is 11.0 Å². The molecule has 0 saturated carbocycles. The van der Waals surface area contributed by atoms with Crippen LogP contribution in [0.5, 0.6) is 0 Å². The summed E-state index contributed by atoms with van der Waals surface area (Å²) in [6.45, 7) is 0.466. The van der Waals surface area contributed by atoms with Gasteiger partial charge in [-0.15, -0.1) is 0 Å². The zero-order chi connectivity index (χ0) is 18.6. The van der Waals surface area contributed by atoms with Gasteiger partial charge in [0.2, 0.25) is 17.9 Å². The predicted molar refractivity (Wildman–Crippen MR) is 104 cm³/mol. The Hall–Kier alpha value is -3.53. The van der Waals surface area contributed by atoms with Gasteiger partial charge in [0.15, 0.2) is 24.1 Å². The third-order valence-electron chi connectivity index (χ3n) is 4.60. The molecule has 0 fully saturated rings. The van der Waals surface area contributed by atoms with E-state index in [0.29, 0.717) is 11.1 Å². The molecule has 0 radical (unpaired) electrons. The van der Waals surface area contributed by atoms with Crippen LogP contribution < -0.4 is 4.57 Å². The van der Waals surface area contributed by atoms with Crippen LogP contribution in [0.3, 0.4) is 0 Å². The number of nitrogens with zero attached hydrogens (tertiary/aromatic N) is 2. The second-order valence-corrected chi connectivity index (χ2v) is 6.44. The summed E-state index contributed by atoms with van der Waals surface area (Å²) in [6.07, 6.45) is 1.85. The highest BCUT2D eigenvalue weighted by Crippen LogP contribution is 2.13. The molecule has 0 amide bonds. The first-order valence-electron chi connectivity index (χ1n) is 8.86. The molecule has 0 spiro atoms. The van der Waals surface area contributed by atoms with Gasteiger partial charge in [0.1, 0.15) is 0 Å². The van der Waals surface area contributed by atoms with Gasteiger partial charge >= 0.3 is 0 Å². The fourth-order valence-corrected chi connectivity index (χ4v) is 3.23. The number of rotatable bonds is 6. The lowest BCUT2D eigenvalue weighted by molar-refractivity contribution is -0.657. The molecular formula is C23H19N2O2+. The fourth-order valence-electron chi connectivity index (χ4n) is 3.23. The summed E-state index contributed by atoms with van der Waals surface area (Å²) in [5.74, 6) is 0.0794. The average molecular weight is 355 g/mol. The predicted octanol–water partition coefficient (Wildman–Crippen LogP) is 3.69. The summed E-state index contributed by atoms with van der Waals surface area (Å²) < 4.78 is 3.81. The van der Waals surface area contributed by atoms with Crippen molar-refractivity contribution in [1.82, 2.24) is 4.57 Å². The summed E-state index contributed by atoms with van der Waals surface area (Å²) in [6, 6.07) is 26.3. The maximum absolute atomic E-state index is 12.6. The first-order valence-corrected chi connectivity index (χ1v) is 8.86. The van der Waals surface area contributed by atoms with Crippen molar-refractivity contribution in [3.05, 3.63) is 102 Å². The number of ketones is 2. The van der Waals surface area contributed by atoms with Crippen LogP contribution in [0.2, 0.25) is 0 Å². The highest BCUT2D eigenvalue weighted by molar-refractivity contribution is 5.97. The van der Waals surface area contributed by atoms with Crippen molar-refractivity contribution >= 4 is 22.6 Å². The lowest BCUT2D eigenvalue weighted by atomic mass is 10.1. The van der Waals surface area contributed by atoms with Crippen molar-refractivity contribution in [2.24, 2.45) is 0 Å². The molecule has 0 atom stereocenters. The first kappa shape index (κ1) is 16.9. The number of hydrogen-bond acceptors (Lipinski definition) is 2. The Bertz CT molecular complexity index is 1010. The summed E-state index contributed by atoms with van der Waals surface area (Å²) >= 11 is 0. The Balaban J connectivity index is 1.65. The largest absolute Gasteiger partial charge is 0.290 e. The molecule has 1 heterocycles. The van der Waals surface area contributed by atoms with Crippen LogP contribution in [-0.4, -0.2) is 16.1 Å². The Morgan fingerprint density at radius 3 is 1.93 bits per heavy atom. The van der Waals surface area contributed by atoms with E-state index in [1.807, 2.05) is 100 Å². The molecule has 4 heteroatoms. The van der Waals surface area contributed by atoms with Crippen LogP contribution in [0, 0.1) is 0 Å². The Morgan fingerprint density at radius 2 is 1.26 bits per heavy atom. The van der Waals surface area contributed by atoms with Gasteiger partial charge in [-0.3, -0.25) is 9.59 Å². The molecule has 0 aliphatic carbocycles. The van der Waals surface area contributed by atoms with E-state index in [-0.39, 0.29) is 24.7 Å². The molecule has 0 unspecified atom stereocenters. The van der Waals surface area contributed by atoms with Gasteiger partial charge in [-0.25, -0.2) is 9.13 Å². The molecule has 0 saturated heterocycles. The third-order valence-corrected chi connectivity index (χ3v) is 4.60. The molecule has 0 aliphatic rings. The van der Waals surface area contributed by atoms with E-state index < -0.39 is 0 Å². The standard InChI is InChI=1S/C23H19N2O2/c26-22(18-9-3-1-4-10-18)15-24-17-25(21-14-8-7-13-20(21)24)16-23(27)19-11-5-2-6-12-19/h1-14,17H,15-16H2/q+1. The van der Waals surface area contributed by atoms with E-state index >= 15 is 0 Å². The summed E-state index contributed by atoms with van der Waals surface area (Å²) in [4.78, 5) is 25.2. The molecular weight excluding hydrogens is 336 g/mol. The lowest BCUT2D eigenvalue weighted by Crippen LogP contribution is -2.37. The normalized spacial score (nSPS) is 10.8. The quantitative estimate of drug-likeness (QED) is 0.391. The number of aromatic nitrogens is 2. The van der Waals surface area contributed by atoms with Crippen molar-refractivity contribution in [1.29, 1.82) is 0 Å². The summed E-state index contributed by atoms with van der Waals surface area (Å²) in [7, 11) is 0. The Labute approximate surface area is 157 Å². The number of carbonyl (C=O) groups is 2. The molecule has 132 valence electrons. The van der Waals surface area contributed by atoms with Crippen molar-refractivity contribution in [2.75, 3.05) is 0 Å². The average Bonchev–Trinajstić information content (AvgIpc) is 3.06. The number of hydrogen-bond donors (Lipinski definition) is 0. The van der Waals surface area contributed by atoms with Crippen molar-refractivity contribution in [2.45, 2.75) is 13.1 Å². The first-order chi connectivity index (χ1) is 13.2. The SMILES string of the molecule is O=C(Cn1c[n+](CC(=O)c2ccccc2)c2ccccc21)c1ccccc1. The molecule has 1 aromatic heterocycles. The van der Waals surface area contributed by atoms with Gasteiger partial charge in [-0.1, -0.05) is 72.8 Å². The van der Waals surface area contributed by atoms with Crippen LogP contribution in [0.15, 0.2) is 91.3 Å². The van der Waals surface area contributed by atoms with E-state index in [0.717, 1.165) is 11.0 Å². The van der Waals surface area contributed by atoms with Gasteiger partial charge < -0.3 is 0 Å². The zero-order valence-electron chi connectivity index (χ0n) is 14.8. The van der Waals surface area contributed by atoms with Crippen molar-refractivity contribution < 1.29 is 14.2 Å². The molecule has 3 aromatic carbocycles.